The van der Waals surface area contributed by atoms with Crippen LogP contribution in [0, 0.1) is 0 Å². The summed E-state index contributed by atoms with van der Waals surface area (Å²) in [6.07, 6.45) is 4.82. The molecule has 0 radical (unpaired) electrons. The zero-order valence-electron chi connectivity index (χ0n) is 10.9. The van der Waals surface area contributed by atoms with Crippen LogP contribution in [0.25, 0.3) is 0 Å². The summed E-state index contributed by atoms with van der Waals surface area (Å²) in [5, 5.41) is 11.5. The Morgan fingerprint density at radius 2 is 1.61 bits per heavy atom. The van der Waals surface area contributed by atoms with Crippen LogP contribution in [-0.4, -0.2) is 36.1 Å². The van der Waals surface area contributed by atoms with Gasteiger partial charge in [0.05, 0.1) is 0 Å². The quantitative estimate of drug-likeness (QED) is 0.395. The van der Waals surface area contributed by atoms with Gasteiger partial charge in [-0.15, -0.1) is 0 Å². The van der Waals surface area contributed by atoms with Crippen molar-refractivity contribution in [3.05, 3.63) is 0 Å². The third-order valence-electron chi connectivity index (χ3n) is 2.69. The van der Waals surface area contributed by atoms with E-state index in [-0.39, 0.29) is 5.91 Å². The van der Waals surface area contributed by atoms with Gasteiger partial charge in [0, 0.05) is 6.42 Å². The molecular formula is C12H25N3O3. The Kier molecular flexibility index (Phi) is 10.3. The lowest BCUT2D eigenvalue weighted by molar-refractivity contribution is -0.142. The highest BCUT2D eigenvalue weighted by atomic mass is 16.4. The highest BCUT2D eigenvalue weighted by molar-refractivity contribution is 5.83. The first-order valence-electron chi connectivity index (χ1n) is 6.54. The number of carboxylic acid groups (broad SMARTS) is 1. The van der Waals surface area contributed by atoms with Crippen molar-refractivity contribution in [3.63, 3.8) is 0 Å². The van der Waals surface area contributed by atoms with Gasteiger partial charge < -0.3 is 21.9 Å². The van der Waals surface area contributed by atoms with Crippen molar-refractivity contribution in [2.24, 2.45) is 11.5 Å². The SMILES string of the molecule is NCCCCCC(=O)N[C@@H](CCCCN)C(=O)O. The van der Waals surface area contributed by atoms with Crippen molar-refractivity contribution >= 4 is 11.9 Å². The van der Waals surface area contributed by atoms with Gasteiger partial charge in [0.1, 0.15) is 6.04 Å². The maximum atomic E-state index is 11.5. The number of hydrogen-bond donors (Lipinski definition) is 4. The summed E-state index contributed by atoms with van der Waals surface area (Å²) in [6, 6.07) is -0.793. The van der Waals surface area contributed by atoms with Crippen molar-refractivity contribution in [3.8, 4) is 0 Å². The number of nitrogens with two attached hydrogens (primary N) is 2. The molecule has 0 saturated heterocycles. The fourth-order valence-corrected chi connectivity index (χ4v) is 1.62. The van der Waals surface area contributed by atoms with Crippen LogP contribution in [0.5, 0.6) is 0 Å². The van der Waals surface area contributed by atoms with Crippen molar-refractivity contribution in [2.45, 2.75) is 51.0 Å². The minimum Gasteiger partial charge on any atom is -0.480 e. The van der Waals surface area contributed by atoms with Gasteiger partial charge in [0.25, 0.3) is 0 Å². The maximum absolute atomic E-state index is 11.5. The summed E-state index contributed by atoms with van der Waals surface area (Å²) in [7, 11) is 0. The van der Waals surface area contributed by atoms with E-state index in [9.17, 15) is 9.59 Å². The average Bonchev–Trinajstić information content (AvgIpc) is 2.33. The number of unbranched alkanes of at least 4 members (excludes halogenated alkanes) is 3. The Balaban J connectivity index is 3.85. The minimum atomic E-state index is -0.984. The Labute approximate surface area is 108 Å². The average molecular weight is 259 g/mol. The monoisotopic (exact) mass is 259 g/mol. The Hall–Kier alpha value is -1.14. The number of hydrogen-bond acceptors (Lipinski definition) is 4. The van der Waals surface area contributed by atoms with Crippen molar-refractivity contribution < 1.29 is 14.7 Å². The molecule has 6 N–H and O–H groups in total. The van der Waals surface area contributed by atoms with Gasteiger partial charge in [-0.2, -0.15) is 0 Å². The molecule has 0 fully saturated rings. The van der Waals surface area contributed by atoms with E-state index in [2.05, 4.69) is 5.32 Å². The van der Waals surface area contributed by atoms with Crippen LogP contribution < -0.4 is 16.8 Å². The standard InChI is InChI=1S/C12H25N3O3/c13-8-4-1-2-7-11(16)15-10(12(17)18)6-3-5-9-14/h10H,1-9,13-14H2,(H,15,16)(H,17,18)/t10-/m0/s1. The molecule has 0 aliphatic heterocycles. The predicted octanol–water partition coefficient (Wildman–Crippen LogP) is 0.204. The summed E-state index contributed by atoms with van der Waals surface area (Å²) < 4.78 is 0. The molecule has 0 aromatic carbocycles. The van der Waals surface area contributed by atoms with E-state index in [1.807, 2.05) is 0 Å². The molecule has 0 saturated carbocycles. The Bertz CT molecular complexity index is 247. The van der Waals surface area contributed by atoms with Crippen LogP contribution >= 0.6 is 0 Å². The minimum absolute atomic E-state index is 0.202. The van der Waals surface area contributed by atoms with Gasteiger partial charge in [-0.1, -0.05) is 6.42 Å². The van der Waals surface area contributed by atoms with E-state index >= 15 is 0 Å². The zero-order valence-corrected chi connectivity index (χ0v) is 10.9. The van der Waals surface area contributed by atoms with Crippen molar-refractivity contribution in [1.29, 1.82) is 0 Å². The summed E-state index contributed by atoms with van der Waals surface area (Å²) in [6.45, 7) is 1.16. The molecule has 106 valence electrons. The molecular weight excluding hydrogens is 234 g/mol. The summed E-state index contributed by atoms with van der Waals surface area (Å²) in [5.41, 5.74) is 10.7. The van der Waals surface area contributed by atoms with Crippen molar-refractivity contribution in [1.82, 2.24) is 5.32 Å². The number of carboxylic acids is 1. The molecule has 6 nitrogen and oxygen atoms in total. The fraction of sp³-hybridized carbons (Fsp3) is 0.833. The van der Waals surface area contributed by atoms with Gasteiger partial charge in [-0.3, -0.25) is 4.79 Å². The van der Waals surface area contributed by atoms with Gasteiger partial charge >= 0.3 is 5.97 Å². The first kappa shape index (κ1) is 16.9. The largest absolute Gasteiger partial charge is 0.480 e. The van der Waals surface area contributed by atoms with Crippen LogP contribution in [0.1, 0.15) is 44.9 Å². The van der Waals surface area contributed by atoms with Gasteiger partial charge in [-0.05, 0) is 45.2 Å². The highest BCUT2D eigenvalue weighted by Gasteiger charge is 2.18. The van der Waals surface area contributed by atoms with Crippen LogP contribution in [0.4, 0.5) is 0 Å². The molecule has 0 unspecified atom stereocenters. The molecule has 0 spiro atoms. The topological polar surface area (TPSA) is 118 Å². The van der Waals surface area contributed by atoms with Crippen LogP contribution in [0.15, 0.2) is 0 Å². The van der Waals surface area contributed by atoms with E-state index in [0.29, 0.717) is 32.4 Å². The summed E-state index contributed by atoms with van der Waals surface area (Å²) >= 11 is 0. The predicted molar refractivity (Wildman–Crippen MR) is 70.0 cm³/mol. The highest BCUT2D eigenvalue weighted by Crippen LogP contribution is 2.03. The number of nitrogens with one attached hydrogen (secondary N) is 1. The van der Waals surface area contributed by atoms with E-state index in [1.54, 1.807) is 0 Å². The molecule has 1 atom stereocenters. The molecule has 0 aliphatic rings. The third kappa shape index (κ3) is 8.95. The maximum Gasteiger partial charge on any atom is 0.326 e. The Morgan fingerprint density at radius 3 is 2.17 bits per heavy atom. The summed E-state index contributed by atoms with van der Waals surface area (Å²) in [4.78, 5) is 22.5. The van der Waals surface area contributed by atoms with E-state index < -0.39 is 12.0 Å². The summed E-state index contributed by atoms with van der Waals surface area (Å²) in [5.74, 6) is -1.19. The number of rotatable bonds is 11. The normalized spacial score (nSPS) is 12.1. The van der Waals surface area contributed by atoms with E-state index in [1.165, 1.54) is 0 Å². The lowest BCUT2D eigenvalue weighted by Crippen LogP contribution is -2.40. The third-order valence-corrected chi connectivity index (χ3v) is 2.69. The molecule has 0 aromatic rings. The van der Waals surface area contributed by atoms with E-state index in [4.69, 9.17) is 16.6 Å². The fourth-order valence-electron chi connectivity index (χ4n) is 1.62. The number of amides is 1. The molecule has 18 heavy (non-hydrogen) atoms. The molecule has 0 bridgehead atoms. The van der Waals surface area contributed by atoms with Gasteiger partial charge in [0.2, 0.25) is 5.91 Å². The van der Waals surface area contributed by atoms with Crippen LogP contribution in [0.3, 0.4) is 0 Å². The first-order chi connectivity index (χ1) is 8.61. The molecule has 0 rings (SSSR count). The van der Waals surface area contributed by atoms with Gasteiger partial charge in [-0.25, -0.2) is 4.79 Å². The Morgan fingerprint density at radius 1 is 1.00 bits per heavy atom. The lowest BCUT2D eigenvalue weighted by atomic mass is 10.1. The molecule has 0 aromatic heterocycles. The molecule has 0 aliphatic carbocycles. The van der Waals surface area contributed by atoms with Crippen LogP contribution in [0.2, 0.25) is 0 Å². The van der Waals surface area contributed by atoms with Crippen molar-refractivity contribution in [2.75, 3.05) is 13.1 Å². The second-order valence-corrected chi connectivity index (χ2v) is 4.34. The zero-order chi connectivity index (χ0) is 13.8. The van der Waals surface area contributed by atoms with Crippen LogP contribution in [-0.2, 0) is 9.59 Å². The smallest absolute Gasteiger partial charge is 0.326 e. The number of carbonyl (C=O) groups excluding carboxylic acids is 1. The number of aliphatic carboxylic acids is 1. The first-order valence-corrected chi connectivity index (χ1v) is 6.54. The molecule has 1 amide bonds. The van der Waals surface area contributed by atoms with E-state index in [0.717, 1.165) is 25.7 Å². The second-order valence-electron chi connectivity index (χ2n) is 4.34. The second kappa shape index (κ2) is 11.0. The molecule has 0 heterocycles. The molecule has 6 heteroatoms. The van der Waals surface area contributed by atoms with Gasteiger partial charge in [0.15, 0.2) is 0 Å². The number of carbonyl (C=O) groups is 2. The lowest BCUT2D eigenvalue weighted by Gasteiger charge is -2.14.